The zero-order valence-corrected chi connectivity index (χ0v) is 20.3. The number of likely N-dealkylation sites (tertiary alicyclic amines) is 1. The molecule has 1 amide bonds. The van der Waals surface area contributed by atoms with E-state index in [1.54, 1.807) is 17.3 Å². The van der Waals surface area contributed by atoms with E-state index in [-0.39, 0.29) is 16.8 Å². The van der Waals surface area contributed by atoms with Gasteiger partial charge in [-0.05, 0) is 46.0 Å². The second kappa shape index (κ2) is 11.8. The summed E-state index contributed by atoms with van der Waals surface area (Å²) in [4.78, 5) is 34.5. The van der Waals surface area contributed by atoms with Crippen LogP contribution in [-0.2, 0) is 25.3 Å². The van der Waals surface area contributed by atoms with Crippen molar-refractivity contribution in [3.05, 3.63) is 12.4 Å². The molecule has 2 saturated heterocycles. The lowest BCUT2D eigenvalue weighted by Gasteiger charge is -2.33. The summed E-state index contributed by atoms with van der Waals surface area (Å²) in [6.45, 7) is 9.36. The Balaban J connectivity index is 1.41. The van der Waals surface area contributed by atoms with Crippen LogP contribution < -0.4 is 9.64 Å². The van der Waals surface area contributed by atoms with Gasteiger partial charge in [-0.15, -0.1) is 0 Å². The molecule has 1 aromatic rings. The Morgan fingerprint density at radius 3 is 2.59 bits per heavy atom. The monoisotopic (exact) mass is 469 g/mol. The number of amides is 1. The molecule has 3 rings (SSSR count). The fraction of sp³-hybridized carbons (Fsp3) is 0.762. The van der Waals surface area contributed by atoms with Crippen molar-refractivity contribution in [2.24, 2.45) is 10.4 Å². The van der Waals surface area contributed by atoms with Gasteiger partial charge in [0, 0.05) is 37.7 Å². The van der Waals surface area contributed by atoms with E-state index in [2.05, 4.69) is 24.3 Å². The number of carbonyl (C=O) groups is 1. The lowest BCUT2D eigenvalue weighted by atomic mass is 9.98. The van der Waals surface area contributed by atoms with E-state index in [0.717, 1.165) is 49.7 Å². The lowest BCUT2D eigenvalue weighted by Crippen LogP contribution is -2.42. The third-order valence-electron chi connectivity index (χ3n) is 5.29. The molecule has 2 aliphatic rings. The molecule has 1 aromatic heterocycles. The van der Waals surface area contributed by atoms with Crippen LogP contribution in [0.2, 0.25) is 0 Å². The lowest BCUT2D eigenvalue weighted by molar-refractivity contribution is -0.271. The maximum atomic E-state index is 12.2. The highest BCUT2D eigenvalue weighted by Crippen LogP contribution is 2.21. The van der Waals surface area contributed by atoms with Gasteiger partial charge >= 0.3 is 6.09 Å². The van der Waals surface area contributed by atoms with Crippen LogP contribution in [-0.4, -0.2) is 78.0 Å². The fourth-order valence-electron chi connectivity index (χ4n) is 3.59. The minimum Gasteiger partial charge on any atom is -0.476 e. The third kappa shape index (κ3) is 7.86. The van der Waals surface area contributed by atoms with Crippen LogP contribution in [0.15, 0.2) is 16.9 Å². The van der Waals surface area contributed by atoms with Crippen LogP contribution in [0.25, 0.3) is 0 Å². The van der Waals surface area contributed by atoms with E-state index in [1.807, 2.05) is 20.8 Å². The highest BCUT2D eigenvalue weighted by Gasteiger charge is 2.27. The molecule has 0 radical (unpaired) electrons. The molecule has 0 spiro atoms. The first kappa shape index (κ1) is 24.7. The summed E-state index contributed by atoms with van der Waals surface area (Å²) in [5.41, 5.74) is -0.467. The quantitative estimate of drug-likeness (QED) is 0.463. The number of rotatable bonds is 6. The Hall–Kier alpha value is -1.98. The number of piperidine rings is 1. The van der Waals surface area contributed by atoms with Gasteiger partial charge in [0.25, 0.3) is 0 Å². The van der Waals surface area contributed by atoms with Crippen LogP contribution >= 0.6 is 0 Å². The minimum absolute atomic E-state index is 0.147. The average molecular weight is 470 g/mol. The minimum atomic E-state index is -0.467. The van der Waals surface area contributed by atoms with Gasteiger partial charge in [-0.2, -0.15) is 0 Å². The summed E-state index contributed by atoms with van der Waals surface area (Å²) in [7, 11) is 1.31. The van der Waals surface area contributed by atoms with Gasteiger partial charge in [-0.25, -0.2) is 19.7 Å². The molecule has 1 atom stereocenters. The first-order valence-corrected chi connectivity index (χ1v) is 12.6. The molecule has 0 aliphatic carbocycles. The first-order valence-electron chi connectivity index (χ1n) is 11.1. The van der Waals surface area contributed by atoms with Crippen molar-refractivity contribution >= 4 is 22.6 Å². The number of hydrogen-bond acceptors (Lipinski definition) is 9. The highest BCUT2D eigenvalue weighted by atomic mass is 32.2. The maximum Gasteiger partial charge on any atom is 0.410 e. The van der Waals surface area contributed by atoms with E-state index in [0.29, 0.717) is 31.5 Å². The van der Waals surface area contributed by atoms with Crippen LogP contribution in [0.4, 0.5) is 10.6 Å². The molecule has 10 nitrogen and oxygen atoms in total. The molecule has 180 valence electrons. The Morgan fingerprint density at radius 2 is 1.94 bits per heavy atom. The third-order valence-corrected chi connectivity index (χ3v) is 6.97. The van der Waals surface area contributed by atoms with Gasteiger partial charge in [0.2, 0.25) is 5.88 Å². The molecule has 3 heterocycles. The zero-order valence-electron chi connectivity index (χ0n) is 19.5. The Labute approximate surface area is 192 Å². The number of hydrogen-bond donors (Lipinski definition) is 0. The summed E-state index contributed by atoms with van der Waals surface area (Å²) >= 11 is 0. The van der Waals surface area contributed by atoms with E-state index in [4.69, 9.17) is 14.5 Å². The van der Waals surface area contributed by atoms with Crippen molar-refractivity contribution in [3.8, 4) is 5.88 Å². The van der Waals surface area contributed by atoms with Gasteiger partial charge in [-0.3, -0.25) is 0 Å². The summed E-state index contributed by atoms with van der Waals surface area (Å²) in [6.07, 6.45) is 6.01. The van der Waals surface area contributed by atoms with Crippen LogP contribution in [0, 0.1) is 5.92 Å². The topological polar surface area (TPSA) is 98.6 Å². The van der Waals surface area contributed by atoms with Crippen LogP contribution in [0.5, 0.6) is 5.88 Å². The Kier molecular flexibility index (Phi) is 9.06. The molecular formula is C21H35N5O5S. The summed E-state index contributed by atoms with van der Waals surface area (Å²) in [5.74, 6) is 3.66. The van der Waals surface area contributed by atoms with Gasteiger partial charge < -0.3 is 19.3 Å². The normalized spacial score (nSPS) is 20.8. The van der Waals surface area contributed by atoms with Crippen LogP contribution in [0.3, 0.4) is 0 Å². The van der Waals surface area contributed by atoms with Gasteiger partial charge in [0.05, 0.1) is 26.1 Å². The first-order chi connectivity index (χ1) is 15.3. The molecule has 1 unspecified atom stereocenters. The predicted octanol–water partition coefficient (Wildman–Crippen LogP) is 3.01. The standard InChI is InChI=1S/C21H35N5O5S/c1-21(2,3)30-20(27)26-9-6-17(7-10-26)16-29-19-15-22-18(14-23-19)25-8-5-12-32(13-11-25)24-31-28-4/h14-15,17H,5-13,16H2,1-4H3. The molecule has 2 aliphatic heterocycles. The molecule has 0 aromatic carbocycles. The van der Waals surface area contributed by atoms with Gasteiger partial charge in [-0.1, -0.05) is 20.2 Å². The molecule has 0 N–H and O–H groups in total. The average Bonchev–Trinajstić information content (AvgIpc) is 3.01. The second-order valence-corrected chi connectivity index (χ2v) is 10.9. The van der Waals surface area contributed by atoms with Crippen molar-refractivity contribution < 1.29 is 24.1 Å². The maximum absolute atomic E-state index is 12.2. The molecule has 32 heavy (non-hydrogen) atoms. The molecule has 2 fully saturated rings. The number of carbonyl (C=O) groups excluding carboxylic acids is 1. The molecule has 0 bridgehead atoms. The van der Waals surface area contributed by atoms with Crippen molar-refractivity contribution in [2.75, 3.05) is 56.3 Å². The van der Waals surface area contributed by atoms with Crippen LogP contribution in [0.1, 0.15) is 40.0 Å². The summed E-state index contributed by atoms with van der Waals surface area (Å²) < 4.78 is 15.4. The number of nitrogens with zero attached hydrogens (tertiary/aromatic N) is 5. The van der Waals surface area contributed by atoms with Gasteiger partial charge in [0.15, 0.2) is 0 Å². The van der Waals surface area contributed by atoms with Crippen molar-refractivity contribution in [3.63, 3.8) is 0 Å². The number of anilines is 1. The molecular weight excluding hydrogens is 434 g/mol. The Bertz CT molecular complexity index is 763. The Morgan fingerprint density at radius 1 is 1.16 bits per heavy atom. The summed E-state index contributed by atoms with van der Waals surface area (Å²) in [6, 6.07) is 0. The number of ether oxygens (including phenoxy) is 2. The number of aromatic nitrogens is 2. The smallest absolute Gasteiger partial charge is 0.410 e. The van der Waals surface area contributed by atoms with Crippen molar-refractivity contribution in [2.45, 2.75) is 45.6 Å². The SMILES string of the molecule is COO/N=S1/CCCN(c2cnc(OCC3CCN(C(=O)OC(C)(C)C)CC3)cn2)CC1. The van der Waals surface area contributed by atoms with E-state index in [9.17, 15) is 4.79 Å². The molecule has 0 saturated carbocycles. The van der Waals surface area contributed by atoms with Crippen molar-refractivity contribution in [1.82, 2.24) is 14.9 Å². The van der Waals surface area contributed by atoms with E-state index >= 15 is 0 Å². The van der Waals surface area contributed by atoms with Crippen molar-refractivity contribution in [1.29, 1.82) is 0 Å². The fourth-order valence-corrected chi connectivity index (χ4v) is 4.98. The van der Waals surface area contributed by atoms with E-state index in [1.165, 1.54) is 7.11 Å². The second-order valence-electron chi connectivity index (χ2n) is 8.96. The zero-order chi connectivity index (χ0) is 23.0. The largest absolute Gasteiger partial charge is 0.476 e. The highest BCUT2D eigenvalue weighted by molar-refractivity contribution is 7.87. The predicted molar refractivity (Wildman–Crippen MR) is 123 cm³/mol. The summed E-state index contributed by atoms with van der Waals surface area (Å²) in [5, 5.41) is 0. The van der Waals surface area contributed by atoms with E-state index < -0.39 is 5.60 Å². The molecule has 11 heteroatoms. The van der Waals surface area contributed by atoms with Gasteiger partial charge in [0.1, 0.15) is 11.4 Å².